The first kappa shape index (κ1) is 27.2. The normalized spacial score (nSPS) is 11.8. The van der Waals surface area contributed by atoms with Crippen molar-refractivity contribution in [2.24, 2.45) is 0 Å². The van der Waals surface area contributed by atoms with E-state index in [2.05, 4.69) is 149 Å². The van der Waals surface area contributed by atoms with Crippen LogP contribution in [0.2, 0.25) is 0 Å². The maximum Gasteiger partial charge on any atom is 0.0547 e. The molecular weight excluding hydrogens is 569 g/mol. The number of benzene rings is 7. The van der Waals surface area contributed by atoms with Gasteiger partial charge in [0.2, 0.25) is 0 Å². The predicted molar refractivity (Wildman–Crippen MR) is 200 cm³/mol. The Morgan fingerprint density at radius 3 is 1.55 bits per heavy atom. The Morgan fingerprint density at radius 2 is 0.936 bits per heavy atom. The van der Waals surface area contributed by atoms with Crippen molar-refractivity contribution in [2.45, 2.75) is 6.42 Å². The van der Waals surface area contributed by atoms with Crippen LogP contribution >= 0.6 is 0 Å². The Hall–Kier alpha value is -6.12. The van der Waals surface area contributed by atoms with E-state index in [1.807, 2.05) is 36.4 Å². The Bertz CT molecular complexity index is 2550. The van der Waals surface area contributed by atoms with Crippen LogP contribution in [0.15, 0.2) is 170 Å². The lowest BCUT2D eigenvalue weighted by Gasteiger charge is -2.12. The third-order valence-corrected chi connectivity index (χ3v) is 9.57. The predicted octanol–water partition coefficient (Wildman–Crippen LogP) is 11.8. The van der Waals surface area contributed by atoms with Gasteiger partial charge in [-0.2, -0.15) is 0 Å². The zero-order chi connectivity index (χ0) is 31.3. The summed E-state index contributed by atoms with van der Waals surface area (Å²) in [5, 5.41) is 5.24. The summed E-state index contributed by atoms with van der Waals surface area (Å²) in [4.78, 5) is 0. The average Bonchev–Trinajstić information content (AvgIpc) is 3.80. The standard InChI is InChI=1S/C37H24N2.C8H8/c1-2-10-28-24(9-1)23-25-17-22-35-37(36(25)28)31-13-5-8-16-34(31)39(35)27-20-18-26(19-21-27)38-32-14-6-3-11-29(32)30-12-4-7-15-33(30)38;1-2-8-6-4-3-5-7-8/h1-22H,23H2;2-7H,1H2. The van der Waals surface area contributed by atoms with Crippen molar-refractivity contribution < 1.29 is 0 Å². The molecule has 222 valence electrons. The maximum atomic E-state index is 3.63. The largest absolute Gasteiger partial charge is 0.309 e. The minimum absolute atomic E-state index is 1.01. The van der Waals surface area contributed by atoms with Crippen molar-refractivity contribution in [3.05, 3.63) is 187 Å². The van der Waals surface area contributed by atoms with Crippen LogP contribution < -0.4 is 0 Å². The lowest BCUT2D eigenvalue weighted by Crippen LogP contribution is -1.97. The molecule has 0 unspecified atom stereocenters. The van der Waals surface area contributed by atoms with E-state index in [-0.39, 0.29) is 0 Å². The summed E-state index contributed by atoms with van der Waals surface area (Å²) in [6, 6.07) is 58.8. The minimum Gasteiger partial charge on any atom is -0.309 e. The van der Waals surface area contributed by atoms with Crippen LogP contribution in [0.3, 0.4) is 0 Å². The molecule has 2 aromatic heterocycles. The lowest BCUT2D eigenvalue weighted by atomic mass is 9.99. The van der Waals surface area contributed by atoms with E-state index in [1.165, 1.54) is 82.8 Å². The van der Waals surface area contributed by atoms with E-state index >= 15 is 0 Å². The fourth-order valence-corrected chi connectivity index (χ4v) is 7.50. The van der Waals surface area contributed by atoms with Gasteiger partial charge in [0, 0.05) is 32.9 Å². The summed E-state index contributed by atoms with van der Waals surface area (Å²) in [5.41, 5.74) is 14.1. The van der Waals surface area contributed by atoms with Crippen molar-refractivity contribution in [3.8, 4) is 22.5 Å². The zero-order valence-electron chi connectivity index (χ0n) is 26.0. The molecule has 0 aliphatic heterocycles. The highest BCUT2D eigenvalue weighted by atomic mass is 15.0. The first-order chi connectivity index (χ1) is 23.3. The van der Waals surface area contributed by atoms with Gasteiger partial charge in [0.25, 0.3) is 0 Å². The van der Waals surface area contributed by atoms with Crippen LogP contribution in [0.25, 0.3) is 72.2 Å². The molecule has 10 rings (SSSR count). The number of para-hydroxylation sites is 3. The second-order valence-corrected chi connectivity index (χ2v) is 12.2. The molecule has 2 heteroatoms. The molecule has 0 saturated carbocycles. The molecule has 1 aliphatic rings. The molecule has 9 aromatic rings. The second kappa shape index (κ2) is 11.0. The molecular formula is C45H32N2. The Morgan fingerprint density at radius 1 is 0.426 bits per heavy atom. The summed E-state index contributed by atoms with van der Waals surface area (Å²) in [6.45, 7) is 3.63. The van der Waals surface area contributed by atoms with Crippen molar-refractivity contribution in [1.82, 2.24) is 9.13 Å². The van der Waals surface area contributed by atoms with E-state index in [1.54, 1.807) is 0 Å². The van der Waals surface area contributed by atoms with Gasteiger partial charge in [-0.25, -0.2) is 0 Å². The van der Waals surface area contributed by atoms with E-state index in [9.17, 15) is 0 Å². The fraction of sp³-hybridized carbons (Fsp3) is 0.0222. The van der Waals surface area contributed by atoms with E-state index in [0.29, 0.717) is 0 Å². The van der Waals surface area contributed by atoms with E-state index in [0.717, 1.165) is 6.42 Å². The van der Waals surface area contributed by atoms with Crippen molar-refractivity contribution in [1.29, 1.82) is 0 Å². The van der Waals surface area contributed by atoms with E-state index < -0.39 is 0 Å². The molecule has 0 radical (unpaired) electrons. The molecule has 0 amide bonds. The first-order valence-corrected chi connectivity index (χ1v) is 16.2. The highest BCUT2D eigenvalue weighted by Gasteiger charge is 2.24. The number of rotatable bonds is 3. The molecule has 2 nitrogen and oxygen atoms in total. The van der Waals surface area contributed by atoms with Crippen LogP contribution in [-0.2, 0) is 6.42 Å². The molecule has 0 spiro atoms. The van der Waals surface area contributed by atoms with Crippen LogP contribution in [0.4, 0.5) is 0 Å². The van der Waals surface area contributed by atoms with E-state index in [4.69, 9.17) is 0 Å². The molecule has 0 atom stereocenters. The molecule has 7 aromatic carbocycles. The third kappa shape index (κ3) is 4.34. The summed E-state index contributed by atoms with van der Waals surface area (Å²) in [5.74, 6) is 0. The smallest absolute Gasteiger partial charge is 0.0547 e. The molecule has 0 saturated heterocycles. The SMILES string of the molecule is C=Cc1ccccc1.c1ccc2c(c1)Cc1ccc3c(c1-2)c1ccccc1n3-c1ccc(-n2c3ccccc3c3ccccc32)cc1. The summed E-state index contributed by atoms with van der Waals surface area (Å²) in [7, 11) is 0. The quantitative estimate of drug-likeness (QED) is 0.191. The maximum absolute atomic E-state index is 3.63. The van der Waals surface area contributed by atoms with Crippen LogP contribution in [0.1, 0.15) is 16.7 Å². The van der Waals surface area contributed by atoms with Gasteiger partial charge in [-0.3, -0.25) is 0 Å². The van der Waals surface area contributed by atoms with Crippen molar-refractivity contribution >= 4 is 49.7 Å². The van der Waals surface area contributed by atoms with Gasteiger partial charge in [0.05, 0.1) is 22.1 Å². The van der Waals surface area contributed by atoms with Crippen molar-refractivity contribution in [2.75, 3.05) is 0 Å². The first-order valence-electron chi connectivity index (χ1n) is 16.2. The van der Waals surface area contributed by atoms with Gasteiger partial charge in [-0.15, -0.1) is 0 Å². The molecule has 0 N–H and O–H groups in total. The third-order valence-electron chi connectivity index (χ3n) is 9.57. The molecule has 0 fully saturated rings. The van der Waals surface area contributed by atoms with Crippen molar-refractivity contribution in [3.63, 3.8) is 0 Å². The monoisotopic (exact) mass is 600 g/mol. The number of hydrogen-bond donors (Lipinski definition) is 0. The number of hydrogen-bond acceptors (Lipinski definition) is 0. The highest BCUT2D eigenvalue weighted by molar-refractivity contribution is 6.17. The number of fused-ring (bicyclic) bond motifs is 10. The molecule has 1 aliphatic carbocycles. The molecule has 2 heterocycles. The number of aromatic nitrogens is 2. The zero-order valence-corrected chi connectivity index (χ0v) is 26.0. The van der Waals surface area contributed by atoms with Crippen LogP contribution in [0, 0.1) is 0 Å². The summed E-state index contributed by atoms with van der Waals surface area (Å²) < 4.78 is 4.81. The van der Waals surface area contributed by atoms with Gasteiger partial charge >= 0.3 is 0 Å². The Labute approximate surface area is 274 Å². The summed E-state index contributed by atoms with van der Waals surface area (Å²) in [6.07, 6.45) is 2.84. The van der Waals surface area contributed by atoms with Gasteiger partial charge in [0.15, 0.2) is 0 Å². The fourth-order valence-electron chi connectivity index (χ4n) is 7.50. The number of nitrogens with zero attached hydrogens (tertiary/aromatic N) is 2. The van der Waals surface area contributed by atoms with Gasteiger partial charge in [0.1, 0.15) is 0 Å². The average molecular weight is 601 g/mol. The minimum atomic E-state index is 1.01. The Balaban J connectivity index is 0.000000334. The van der Waals surface area contributed by atoms with Crippen LogP contribution in [0.5, 0.6) is 0 Å². The van der Waals surface area contributed by atoms with Gasteiger partial charge in [-0.05, 0) is 82.8 Å². The molecule has 0 bridgehead atoms. The Kier molecular flexibility index (Phi) is 6.39. The second-order valence-electron chi connectivity index (χ2n) is 12.2. The highest BCUT2D eigenvalue weighted by Crippen LogP contribution is 2.45. The van der Waals surface area contributed by atoms with Gasteiger partial charge < -0.3 is 9.13 Å². The molecule has 47 heavy (non-hydrogen) atoms. The van der Waals surface area contributed by atoms with Gasteiger partial charge in [-0.1, -0.05) is 128 Å². The summed E-state index contributed by atoms with van der Waals surface area (Å²) >= 11 is 0. The topological polar surface area (TPSA) is 9.86 Å². The van der Waals surface area contributed by atoms with Crippen LogP contribution in [-0.4, -0.2) is 9.13 Å². The lowest BCUT2D eigenvalue weighted by molar-refractivity contribution is 1.14.